The topological polar surface area (TPSA) is 148 Å². The third-order valence-electron chi connectivity index (χ3n) is 5.62. The molecule has 34 heavy (non-hydrogen) atoms. The molecule has 1 atom stereocenters. The van der Waals surface area contributed by atoms with E-state index in [9.17, 15) is 13.2 Å². The number of hydrogen-bond acceptors (Lipinski definition) is 8. The van der Waals surface area contributed by atoms with Crippen molar-refractivity contribution < 1.29 is 22.7 Å². The Balaban J connectivity index is 1.41. The van der Waals surface area contributed by atoms with Crippen LogP contribution in [0, 0.1) is 5.92 Å². The predicted molar refractivity (Wildman–Crippen MR) is 129 cm³/mol. The lowest BCUT2D eigenvalue weighted by molar-refractivity contribution is 0.0932. The summed E-state index contributed by atoms with van der Waals surface area (Å²) in [6.45, 7) is 2.83. The van der Waals surface area contributed by atoms with Crippen molar-refractivity contribution in [3.8, 4) is 5.75 Å². The number of carbonyl (C=O) groups is 1. The van der Waals surface area contributed by atoms with Crippen molar-refractivity contribution in [3.05, 3.63) is 47.7 Å². The van der Waals surface area contributed by atoms with Crippen LogP contribution in [0.3, 0.4) is 0 Å². The van der Waals surface area contributed by atoms with Gasteiger partial charge in [-0.1, -0.05) is 12.1 Å². The Morgan fingerprint density at radius 2 is 2.12 bits per heavy atom. The number of nitrogens with one attached hydrogen (secondary N) is 2. The first kappa shape index (κ1) is 23.8. The molecule has 0 saturated carbocycles. The van der Waals surface area contributed by atoms with Crippen molar-refractivity contribution in [2.75, 3.05) is 49.6 Å². The minimum atomic E-state index is -3.84. The van der Waals surface area contributed by atoms with Crippen LogP contribution in [-0.4, -0.2) is 65.1 Å². The predicted octanol–water partition coefficient (Wildman–Crippen LogP) is 1.13. The van der Waals surface area contributed by atoms with E-state index in [-0.39, 0.29) is 17.7 Å². The number of carbonyl (C=O) groups excluding carboxylic acids is 1. The van der Waals surface area contributed by atoms with E-state index in [1.165, 1.54) is 0 Å². The summed E-state index contributed by atoms with van der Waals surface area (Å²) in [5.41, 5.74) is 7.05. The average molecular weight is 489 g/mol. The first-order valence-electron chi connectivity index (χ1n) is 11.0. The average Bonchev–Trinajstić information content (AvgIpc) is 2.82. The number of benzene rings is 1. The molecule has 2 aliphatic heterocycles. The summed E-state index contributed by atoms with van der Waals surface area (Å²) < 4.78 is 40.5. The van der Waals surface area contributed by atoms with Gasteiger partial charge >= 0.3 is 10.2 Å². The Morgan fingerprint density at radius 3 is 2.94 bits per heavy atom. The molecule has 1 saturated heterocycles. The zero-order valence-corrected chi connectivity index (χ0v) is 19.7. The molecule has 4 rings (SSSR count). The molecule has 12 heteroatoms. The fourth-order valence-corrected chi connectivity index (χ4v) is 4.88. The molecule has 0 bridgehead atoms. The summed E-state index contributed by atoms with van der Waals surface area (Å²) in [4.78, 5) is 19.0. The van der Waals surface area contributed by atoms with Crippen molar-refractivity contribution >= 4 is 33.5 Å². The maximum Gasteiger partial charge on any atom is 0.344 e. The summed E-state index contributed by atoms with van der Waals surface area (Å²) in [6.07, 6.45) is 1.93. The quantitative estimate of drug-likeness (QED) is 0.468. The van der Waals surface area contributed by atoms with Crippen LogP contribution in [0.5, 0.6) is 5.75 Å². The number of ether oxygens (including phenoxy) is 2. The Bertz CT molecular complexity index is 1190. The Kier molecular flexibility index (Phi) is 7.17. The van der Waals surface area contributed by atoms with Gasteiger partial charge in [0.2, 0.25) is 0 Å². The molecular weight excluding hydrogens is 460 g/mol. The van der Waals surface area contributed by atoms with E-state index in [4.69, 9.17) is 15.2 Å². The van der Waals surface area contributed by atoms with Crippen LogP contribution in [0.25, 0.3) is 0 Å². The molecular formula is C22H28N6O5S. The smallest absolute Gasteiger partial charge is 0.344 e. The van der Waals surface area contributed by atoms with Crippen molar-refractivity contribution in [2.45, 2.75) is 12.8 Å². The van der Waals surface area contributed by atoms with Gasteiger partial charge in [0, 0.05) is 32.7 Å². The number of nitrogens with zero attached hydrogens (tertiary/aromatic N) is 3. The Morgan fingerprint density at radius 1 is 1.29 bits per heavy atom. The highest BCUT2D eigenvalue weighted by Gasteiger charge is 2.26. The number of amides is 1. The first-order chi connectivity index (χ1) is 16.4. The number of hydrogen-bond donors (Lipinski definition) is 3. The number of methoxy groups -OCH3 is 1. The Labute approximate surface area is 198 Å². The number of rotatable bonds is 8. The third-order valence-corrected chi connectivity index (χ3v) is 6.53. The van der Waals surface area contributed by atoms with E-state index in [1.807, 2.05) is 12.1 Å². The SMILES string of the molecule is COCCNC(=O)c1cccc(N2CCC[C@H](COc3cccc4c3C(N)=NS(=O)(=O)N4)C2)n1. The molecule has 1 amide bonds. The highest BCUT2D eigenvalue weighted by molar-refractivity contribution is 7.91. The van der Waals surface area contributed by atoms with E-state index in [0.29, 0.717) is 49.0 Å². The van der Waals surface area contributed by atoms with Crippen LogP contribution in [0.2, 0.25) is 0 Å². The van der Waals surface area contributed by atoms with Crippen molar-refractivity contribution in [1.29, 1.82) is 0 Å². The number of amidine groups is 1. The molecule has 0 aliphatic carbocycles. The van der Waals surface area contributed by atoms with Gasteiger partial charge in [0.15, 0.2) is 5.84 Å². The largest absolute Gasteiger partial charge is 0.492 e. The standard InChI is InChI=1S/C22H28N6O5S/c1-32-12-10-24-22(29)17-7-3-9-19(25-17)28-11-4-5-15(13-28)14-33-18-8-2-6-16-20(18)21(23)27-34(30,31)26-16/h2-3,6-9,15,26H,4-5,10-14H2,1H3,(H2,23,27)(H,24,29)/t15-/m0/s1. The maximum atomic E-state index is 12.3. The molecule has 2 aliphatic rings. The van der Waals surface area contributed by atoms with Crippen LogP contribution in [0.15, 0.2) is 40.8 Å². The number of anilines is 2. The summed E-state index contributed by atoms with van der Waals surface area (Å²) in [5, 5.41) is 2.78. The summed E-state index contributed by atoms with van der Waals surface area (Å²) in [5.74, 6) is 1.10. The third kappa shape index (κ3) is 5.57. The van der Waals surface area contributed by atoms with Gasteiger partial charge in [-0.2, -0.15) is 8.42 Å². The van der Waals surface area contributed by atoms with E-state index in [2.05, 4.69) is 24.3 Å². The lowest BCUT2D eigenvalue weighted by Gasteiger charge is -2.33. The van der Waals surface area contributed by atoms with E-state index in [0.717, 1.165) is 25.2 Å². The second-order valence-corrected chi connectivity index (χ2v) is 9.46. The molecule has 1 aromatic heterocycles. The van der Waals surface area contributed by atoms with Gasteiger partial charge in [-0.3, -0.25) is 9.52 Å². The molecule has 4 N–H and O–H groups in total. The summed E-state index contributed by atoms with van der Waals surface area (Å²) in [7, 11) is -2.26. The zero-order valence-electron chi connectivity index (χ0n) is 18.9. The zero-order chi connectivity index (χ0) is 24.1. The lowest BCUT2D eigenvalue weighted by atomic mass is 9.99. The minimum Gasteiger partial charge on any atom is -0.492 e. The van der Waals surface area contributed by atoms with Crippen molar-refractivity contribution in [2.24, 2.45) is 16.0 Å². The van der Waals surface area contributed by atoms with Crippen LogP contribution in [-0.2, 0) is 14.9 Å². The molecule has 0 spiro atoms. The van der Waals surface area contributed by atoms with Gasteiger partial charge in [0.05, 0.1) is 24.5 Å². The van der Waals surface area contributed by atoms with Gasteiger partial charge in [0.25, 0.3) is 5.91 Å². The first-order valence-corrected chi connectivity index (χ1v) is 12.4. The van der Waals surface area contributed by atoms with Gasteiger partial charge < -0.3 is 25.4 Å². The van der Waals surface area contributed by atoms with Crippen molar-refractivity contribution in [3.63, 3.8) is 0 Å². The highest BCUT2D eigenvalue weighted by atomic mass is 32.2. The van der Waals surface area contributed by atoms with E-state index >= 15 is 0 Å². The number of fused-ring (bicyclic) bond motifs is 1. The van der Waals surface area contributed by atoms with E-state index < -0.39 is 10.2 Å². The molecule has 1 aromatic carbocycles. The molecule has 0 unspecified atom stereocenters. The van der Waals surface area contributed by atoms with Crippen LogP contribution >= 0.6 is 0 Å². The fraction of sp³-hybridized carbons (Fsp3) is 0.409. The van der Waals surface area contributed by atoms with Gasteiger partial charge in [-0.25, -0.2) is 4.98 Å². The van der Waals surface area contributed by atoms with Crippen molar-refractivity contribution in [1.82, 2.24) is 10.3 Å². The Hall–Kier alpha value is -3.38. The van der Waals surface area contributed by atoms with Crippen LogP contribution in [0.1, 0.15) is 28.9 Å². The van der Waals surface area contributed by atoms with Gasteiger partial charge in [-0.05, 0) is 37.1 Å². The second-order valence-electron chi connectivity index (χ2n) is 8.13. The summed E-state index contributed by atoms with van der Waals surface area (Å²) >= 11 is 0. The van der Waals surface area contributed by atoms with E-state index in [1.54, 1.807) is 31.4 Å². The second kappa shape index (κ2) is 10.3. The molecule has 11 nitrogen and oxygen atoms in total. The minimum absolute atomic E-state index is 0.0978. The van der Waals surface area contributed by atoms with Crippen LogP contribution < -0.4 is 25.4 Å². The normalized spacial score (nSPS) is 18.9. The molecule has 2 aromatic rings. The summed E-state index contributed by atoms with van der Waals surface area (Å²) in [6, 6.07) is 10.5. The molecule has 182 valence electrons. The number of pyridine rings is 1. The monoisotopic (exact) mass is 488 g/mol. The molecule has 3 heterocycles. The highest BCUT2D eigenvalue weighted by Crippen LogP contribution is 2.31. The number of aromatic nitrogens is 1. The fourth-order valence-electron chi connectivity index (χ4n) is 4.04. The number of nitrogens with two attached hydrogens (primary N) is 1. The molecule has 0 radical (unpaired) electrons. The van der Waals surface area contributed by atoms with Crippen LogP contribution in [0.4, 0.5) is 11.5 Å². The van der Waals surface area contributed by atoms with Gasteiger partial charge in [-0.15, -0.1) is 4.40 Å². The maximum absolute atomic E-state index is 12.3. The molecule has 1 fully saturated rings. The lowest BCUT2D eigenvalue weighted by Crippen LogP contribution is -2.38. The van der Waals surface area contributed by atoms with Gasteiger partial charge in [0.1, 0.15) is 17.3 Å². The number of piperidine rings is 1.